The van der Waals surface area contributed by atoms with Gasteiger partial charge in [-0.2, -0.15) is 0 Å². The number of epoxide rings is 1. The third-order valence-electron chi connectivity index (χ3n) is 1.72. The maximum Gasteiger partial charge on any atom is 0.165 e. The van der Waals surface area contributed by atoms with Crippen LogP contribution in [0.1, 0.15) is 0 Å². The van der Waals surface area contributed by atoms with E-state index in [4.69, 9.17) is 9.47 Å². The standard InChI is InChI=1S/C9H8F2O2/c10-6-1-2-8(11)9(3-6)13-5-7-4-12-7/h1-3,7H,4-5H2/t7-/m1/s1. The fourth-order valence-electron chi connectivity index (χ4n) is 0.935. The highest BCUT2D eigenvalue weighted by atomic mass is 19.1. The molecule has 1 saturated heterocycles. The molecule has 1 aromatic carbocycles. The predicted molar refractivity (Wildman–Crippen MR) is 41.6 cm³/mol. The Balaban J connectivity index is 2.03. The quantitative estimate of drug-likeness (QED) is 0.670. The highest BCUT2D eigenvalue weighted by Gasteiger charge is 2.23. The van der Waals surface area contributed by atoms with Gasteiger partial charge in [-0.3, -0.25) is 0 Å². The summed E-state index contributed by atoms with van der Waals surface area (Å²) in [5.41, 5.74) is 0. The van der Waals surface area contributed by atoms with Gasteiger partial charge in [0.1, 0.15) is 18.5 Å². The molecule has 0 bridgehead atoms. The molecule has 0 saturated carbocycles. The minimum Gasteiger partial charge on any atom is -0.488 e. The lowest BCUT2D eigenvalue weighted by Crippen LogP contribution is -2.05. The van der Waals surface area contributed by atoms with Crippen LogP contribution < -0.4 is 4.74 Å². The molecule has 0 aliphatic carbocycles. The van der Waals surface area contributed by atoms with Crippen molar-refractivity contribution in [3.8, 4) is 5.75 Å². The largest absolute Gasteiger partial charge is 0.488 e. The van der Waals surface area contributed by atoms with Crippen molar-refractivity contribution < 1.29 is 18.3 Å². The minimum atomic E-state index is -0.554. The first-order valence-electron chi connectivity index (χ1n) is 3.95. The molecule has 1 fully saturated rings. The molecule has 13 heavy (non-hydrogen) atoms. The third-order valence-corrected chi connectivity index (χ3v) is 1.72. The molecule has 4 heteroatoms. The van der Waals surface area contributed by atoms with E-state index in [0.29, 0.717) is 6.61 Å². The average molecular weight is 186 g/mol. The summed E-state index contributed by atoms with van der Waals surface area (Å²) in [5.74, 6) is -1.12. The maximum atomic E-state index is 12.9. The number of hydrogen-bond donors (Lipinski definition) is 0. The highest BCUT2D eigenvalue weighted by molar-refractivity contribution is 5.24. The number of halogens is 2. The molecule has 2 nitrogen and oxygen atoms in total. The molecule has 0 amide bonds. The molecule has 1 aromatic rings. The van der Waals surface area contributed by atoms with E-state index in [0.717, 1.165) is 18.2 Å². The first-order valence-corrected chi connectivity index (χ1v) is 3.95. The summed E-state index contributed by atoms with van der Waals surface area (Å²) in [6, 6.07) is 3.12. The lowest BCUT2D eigenvalue weighted by Gasteiger charge is -2.04. The van der Waals surface area contributed by atoms with Crippen molar-refractivity contribution in [2.75, 3.05) is 13.2 Å². The van der Waals surface area contributed by atoms with Crippen LogP contribution in [0.2, 0.25) is 0 Å². The summed E-state index contributed by atoms with van der Waals surface area (Å²) in [7, 11) is 0. The van der Waals surface area contributed by atoms with Crippen LogP contribution in [0.4, 0.5) is 8.78 Å². The van der Waals surface area contributed by atoms with Crippen LogP contribution >= 0.6 is 0 Å². The summed E-state index contributed by atoms with van der Waals surface area (Å²) in [6.07, 6.45) is 0.0441. The Morgan fingerprint density at radius 1 is 1.46 bits per heavy atom. The summed E-state index contributed by atoms with van der Waals surface area (Å²) < 4.78 is 35.4. The summed E-state index contributed by atoms with van der Waals surface area (Å²) in [4.78, 5) is 0. The van der Waals surface area contributed by atoms with E-state index in [1.165, 1.54) is 0 Å². The molecule has 70 valence electrons. The zero-order valence-electron chi connectivity index (χ0n) is 6.80. The van der Waals surface area contributed by atoms with Crippen molar-refractivity contribution in [2.45, 2.75) is 6.10 Å². The van der Waals surface area contributed by atoms with Crippen molar-refractivity contribution in [3.63, 3.8) is 0 Å². The van der Waals surface area contributed by atoms with Gasteiger partial charge in [0.25, 0.3) is 0 Å². The molecule has 1 heterocycles. The second-order valence-corrected chi connectivity index (χ2v) is 2.84. The van der Waals surface area contributed by atoms with Crippen LogP contribution in [0, 0.1) is 11.6 Å². The van der Waals surface area contributed by atoms with Crippen molar-refractivity contribution in [1.82, 2.24) is 0 Å². The highest BCUT2D eigenvalue weighted by Crippen LogP contribution is 2.19. The number of hydrogen-bond acceptors (Lipinski definition) is 2. The molecule has 2 rings (SSSR count). The topological polar surface area (TPSA) is 21.8 Å². The van der Waals surface area contributed by atoms with Gasteiger partial charge in [-0.05, 0) is 12.1 Å². The van der Waals surface area contributed by atoms with Crippen LogP contribution in [-0.2, 0) is 4.74 Å². The molecule has 0 unspecified atom stereocenters. The number of ether oxygens (including phenoxy) is 2. The van der Waals surface area contributed by atoms with E-state index in [1.807, 2.05) is 0 Å². The fraction of sp³-hybridized carbons (Fsp3) is 0.333. The lowest BCUT2D eigenvalue weighted by atomic mass is 10.3. The van der Waals surface area contributed by atoms with Crippen molar-refractivity contribution in [1.29, 1.82) is 0 Å². The van der Waals surface area contributed by atoms with E-state index < -0.39 is 11.6 Å². The Hall–Kier alpha value is -1.16. The summed E-state index contributed by atoms with van der Waals surface area (Å²) >= 11 is 0. The van der Waals surface area contributed by atoms with E-state index >= 15 is 0 Å². The van der Waals surface area contributed by atoms with Gasteiger partial charge in [0.15, 0.2) is 11.6 Å². The second kappa shape index (κ2) is 3.30. The monoisotopic (exact) mass is 186 g/mol. The van der Waals surface area contributed by atoms with Gasteiger partial charge in [-0.25, -0.2) is 8.78 Å². The van der Waals surface area contributed by atoms with Gasteiger partial charge in [-0.1, -0.05) is 0 Å². The molecule has 0 aromatic heterocycles. The van der Waals surface area contributed by atoms with Gasteiger partial charge in [0, 0.05) is 6.07 Å². The van der Waals surface area contributed by atoms with Crippen molar-refractivity contribution in [3.05, 3.63) is 29.8 Å². The fourth-order valence-corrected chi connectivity index (χ4v) is 0.935. The first kappa shape index (κ1) is 8.44. The van der Waals surface area contributed by atoms with E-state index in [1.54, 1.807) is 0 Å². The molecule has 1 aliphatic rings. The van der Waals surface area contributed by atoms with Crippen molar-refractivity contribution in [2.24, 2.45) is 0 Å². The van der Waals surface area contributed by atoms with Crippen molar-refractivity contribution >= 4 is 0 Å². The zero-order valence-corrected chi connectivity index (χ0v) is 6.80. The molecule has 1 aliphatic heterocycles. The smallest absolute Gasteiger partial charge is 0.165 e. The maximum absolute atomic E-state index is 12.9. The van der Waals surface area contributed by atoms with Gasteiger partial charge in [-0.15, -0.1) is 0 Å². The molecular weight excluding hydrogens is 178 g/mol. The predicted octanol–water partition coefficient (Wildman–Crippen LogP) is 1.74. The Kier molecular flexibility index (Phi) is 2.14. The zero-order chi connectivity index (χ0) is 9.26. The van der Waals surface area contributed by atoms with Gasteiger partial charge in [0.05, 0.1) is 6.61 Å². The van der Waals surface area contributed by atoms with Crippen LogP contribution in [0.15, 0.2) is 18.2 Å². The molecule has 0 N–H and O–H groups in total. The lowest BCUT2D eigenvalue weighted by molar-refractivity contribution is 0.252. The van der Waals surface area contributed by atoms with Crippen LogP contribution in [-0.4, -0.2) is 19.3 Å². The van der Waals surface area contributed by atoms with E-state index in [2.05, 4.69) is 0 Å². The molecular formula is C9H8F2O2. The Labute approximate surface area is 74.1 Å². The van der Waals surface area contributed by atoms with Crippen LogP contribution in [0.25, 0.3) is 0 Å². The normalized spacial score (nSPS) is 20.0. The second-order valence-electron chi connectivity index (χ2n) is 2.84. The molecule has 0 spiro atoms. The first-order chi connectivity index (χ1) is 6.25. The Bertz CT molecular complexity index is 310. The van der Waals surface area contributed by atoms with Gasteiger partial charge in [0.2, 0.25) is 0 Å². The third kappa shape index (κ3) is 2.15. The SMILES string of the molecule is Fc1ccc(F)c(OC[C@H]2CO2)c1. The van der Waals surface area contributed by atoms with Crippen LogP contribution in [0.3, 0.4) is 0 Å². The van der Waals surface area contributed by atoms with Gasteiger partial charge < -0.3 is 9.47 Å². The average Bonchev–Trinajstić information content (AvgIpc) is 2.90. The van der Waals surface area contributed by atoms with E-state index in [-0.39, 0.29) is 18.5 Å². The minimum absolute atomic E-state index is 0.0441. The van der Waals surface area contributed by atoms with Crippen LogP contribution in [0.5, 0.6) is 5.75 Å². The Morgan fingerprint density at radius 2 is 2.23 bits per heavy atom. The number of rotatable bonds is 3. The molecule has 1 atom stereocenters. The van der Waals surface area contributed by atoms with E-state index in [9.17, 15) is 8.78 Å². The Morgan fingerprint density at radius 3 is 2.92 bits per heavy atom. The van der Waals surface area contributed by atoms with Gasteiger partial charge >= 0.3 is 0 Å². The number of benzene rings is 1. The molecule has 0 radical (unpaired) electrons. The summed E-state index contributed by atoms with van der Waals surface area (Å²) in [5, 5.41) is 0. The summed E-state index contributed by atoms with van der Waals surface area (Å²) in [6.45, 7) is 0.914.